The topological polar surface area (TPSA) is 29.5 Å². The minimum Gasteiger partial charge on any atom is -0.368 e. The summed E-state index contributed by atoms with van der Waals surface area (Å²) in [4.78, 5) is 0. The van der Waals surface area contributed by atoms with Crippen molar-refractivity contribution in [2.24, 2.45) is 11.8 Å². The van der Waals surface area contributed by atoms with E-state index in [0.717, 1.165) is 18.8 Å². The van der Waals surface area contributed by atoms with Gasteiger partial charge in [0.2, 0.25) is 0 Å². The minimum atomic E-state index is -0.491. The third kappa shape index (κ3) is 1.30. The number of aliphatic hydroxyl groups is 1. The Balaban J connectivity index is 2.00. The van der Waals surface area contributed by atoms with Crippen LogP contribution in [0.15, 0.2) is 0 Å². The molecule has 0 aromatic heterocycles. The molecule has 1 heterocycles. The lowest BCUT2D eigenvalue weighted by molar-refractivity contribution is -0.201. The molecule has 1 N–H and O–H groups in total. The number of fused-ring (bicyclic) bond motifs is 1. The quantitative estimate of drug-likeness (QED) is 0.576. The Morgan fingerprint density at radius 3 is 3.00 bits per heavy atom. The number of aliphatic hydroxyl groups excluding tert-OH is 1. The van der Waals surface area contributed by atoms with Crippen molar-refractivity contribution in [2.45, 2.75) is 45.0 Å². The Kier molecular flexibility index (Phi) is 1.90. The summed E-state index contributed by atoms with van der Waals surface area (Å²) in [5.74, 6) is 1.09. The second kappa shape index (κ2) is 2.76. The minimum absolute atomic E-state index is 0.342. The van der Waals surface area contributed by atoms with Gasteiger partial charge in [-0.25, -0.2) is 0 Å². The first-order chi connectivity index (χ1) is 5.27. The van der Waals surface area contributed by atoms with Crippen LogP contribution in [0, 0.1) is 11.8 Å². The van der Waals surface area contributed by atoms with Crippen LogP contribution in [0.2, 0.25) is 0 Å². The SMILES string of the molecule is CC1CC2CCCC2OC1O. The van der Waals surface area contributed by atoms with E-state index in [-0.39, 0.29) is 0 Å². The maximum Gasteiger partial charge on any atom is 0.157 e. The molecule has 11 heavy (non-hydrogen) atoms. The lowest BCUT2D eigenvalue weighted by Crippen LogP contribution is -2.37. The van der Waals surface area contributed by atoms with E-state index in [9.17, 15) is 5.11 Å². The molecule has 1 aliphatic carbocycles. The molecule has 4 atom stereocenters. The van der Waals surface area contributed by atoms with Gasteiger partial charge in [-0.3, -0.25) is 0 Å². The van der Waals surface area contributed by atoms with Gasteiger partial charge in [-0.2, -0.15) is 0 Å². The van der Waals surface area contributed by atoms with Gasteiger partial charge in [0.05, 0.1) is 6.10 Å². The smallest absolute Gasteiger partial charge is 0.157 e. The summed E-state index contributed by atoms with van der Waals surface area (Å²) >= 11 is 0. The van der Waals surface area contributed by atoms with Gasteiger partial charge in [0.15, 0.2) is 6.29 Å². The second-order valence-electron chi connectivity index (χ2n) is 3.97. The van der Waals surface area contributed by atoms with Crippen LogP contribution in [0.3, 0.4) is 0 Å². The Hall–Kier alpha value is -0.0800. The highest BCUT2D eigenvalue weighted by Crippen LogP contribution is 2.38. The van der Waals surface area contributed by atoms with Crippen LogP contribution < -0.4 is 0 Å². The van der Waals surface area contributed by atoms with E-state index in [1.807, 2.05) is 0 Å². The lowest BCUT2D eigenvalue weighted by atomic mass is 9.90. The molecule has 0 bridgehead atoms. The Bertz CT molecular complexity index is 130. The molecule has 2 nitrogen and oxygen atoms in total. The van der Waals surface area contributed by atoms with Crippen molar-refractivity contribution in [3.63, 3.8) is 0 Å². The van der Waals surface area contributed by atoms with Crippen LogP contribution in [0.1, 0.15) is 32.6 Å². The molecule has 64 valence electrons. The summed E-state index contributed by atoms with van der Waals surface area (Å²) in [6, 6.07) is 0. The third-order valence-electron chi connectivity index (χ3n) is 3.06. The average molecular weight is 156 g/mol. The molecule has 1 saturated heterocycles. The summed E-state index contributed by atoms with van der Waals surface area (Å²) in [5.41, 5.74) is 0. The largest absolute Gasteiger partial charge is 0.368 e. The van der Waals surface area contributed by atoms with Crippen LogP contribution in [0.25, 0.3) is 0 Å². The highest BCUT2D eigenvalue weighted by molar-refractivity contribution is 4.84. The Morgan fingerprint density at radius 1 is 1.36 bits per heavy atom. The number of hydrogen-bond acceptors (Lipinski definition) is 2. The molecule has 0 aromatic carbocycles. The number of rotatable bonds is 0. The predicted octanol–water partition coefficient (Wildman–Crippen LogP) is 1.53. The number of ether oxygens (including phenoxy) is 1. The average Bonchev–Trinajstić information content (AvgIpc) is 2.36. The van der Waals surface area contributed by atoms with Crippen molar-refractivity contribution in [2.75, 3.05) is 0 Å². The lowest BCUT2D eigenvalue weighted by Gasteiger charge is -2.34. The van der Waals surface area contributed by atoms with Gasteiger partial charge in [-0.1, -0.05) is 13.3 Å². The summed E-state index contributed by atoms with van der Waals surface area (Å²) in [7, 11) is 0. The summed E-state index contributed by atoms with van der Waals surface area (Å²) in [5, 5.41) is 9.40. The summed E-state index contributed by atoms with van der Waals surface area (Å²) in [6.07, 6.45) is 4.80. The fourth-order valence-corrected chi connectivity index (χ4v) is 2.36. The molecule has 1 saturated carbocycles. The van der Waals surface area contributed by atoms with E-state index in [1.165, 1.54) is 12.8 Å². The molecule has 0 radical (unpaired) electrons. The standard InChI is InChI=1S/C9H16O2/c1-6-5-7-3-2-4-8(7)11-9(6)10/h6-10H,2-5H2,1H3. The van der Waals surface area contributed by atoms with E-state index in [1.54, 1.807) is 0 Å². The summed E-state index contributed by atoms with van der Waals surface area (Å²) in [6.45, 7) is 2.07. The first kappa shape index (κ1) is 7.56. The maximum atomic E-state index is 9.40. The normalized spacial score (nSPS) is 50.7. The van der Waals surface area contributed by atoms with E-state index in [2.05, 4.69) is 6.92 Å². The van der Waals surface area contributed by atoms with Gasteiger partial charge in [0.1, 0.15) is 0 Å². The second-order valence-corrected chi connectivity index (χ2v) is 3.97. The highest BCUT2D eigenvalue weighted by atomic mass is 16.6. The van der Waals surface area contributed by atoms with Crippen molar-refractivity contribution in [1.29, 1.82) is 0 Å². The van der Waals surface area contributed by atoms with Gasteiger partial charge in [-0.15, -0.1) is 0 Å². The van der Waals surface area contributed by atoms with Crippen LogP contribution in [0.4, 0.5) is 0 Å². The molecular formula is C9H16O2. The molecule has 0 spiro atoms. The first-order valence-electron chi connectivity index (χ1n) is 4.61. The van der Waals surface area contributed by atoms with Crippen LogP contribution in [0.5, 0.6) is 0 Å². The Morgan fingerprint density at radius 2 is 2.18 bits per heavy atom. The van der Waals surface area contributed by atoms with Crippen LogP contribution >= 0.6 is 0 Å². The highest BCUT2D eigenvalue weighted by Gasteiger charge is 2.37. The van der Waals surface area contributed by atoms with Gasteiger partial charge in [0.25, 0.3) is 0 Å². The third-order valence-corrected chi connectivity index (χ3v) is 3.06. The zero-order valence-electron chi connectivity index (χ0n) is 6.99. The molecule has 2 rings (SSSR count). The van der Waals surface area contributed by atoms with E-state index in [0.29, 0.717) is 12.0 Å². The summed E-state index contributed by atoms with van der Waals surface area (Å²) < 4.78 is 5.48. The monoisotopic (exact) mass is 156 g/mol. The van der Waals surface area contributed by atoms with Gasteiger partial charge in [-0.05, 0) is 25.2 Å². The van der Waals surface area contributed by atoms with Gasteiger partial charge < -0.3 is 9.84 Å². The van der Waals surface area contributed by atoms with E-state index >= 15 is 0 Å². The molecule has 2 fully saturated rings. The zero-order valence-corrected chi connectivity index (χ0v) is 6.99. The number of hydrogen-bond donors (Lipinski definition) is 1. The van der Waals surface area contributed by atoms with E-state index in [4.69, 9.17) is 4.74 Å². The van der Waals surface area contributed by atoms with Gasteiger partial charge >= 0.3 is 0 Å². The first-order valence-corrected chi connectivity index (χ1v) is 4.61. The molecular weight excluding hydrogens is 140 g/mol. The molecule has 4 unspecified atom stereocenters. The molecule has 2 heteroatoms. The predicted molar refractivity (Wildman–Crippen MR) is 42.0 cm³/mol. The van der Waals surface area contributed by atoms with Crippen molar-refractivity contribution in [1.82, 2.24) is 0 Å². The molecule has 1 aliphatic heterocycles. The Labute approximate surface area is 67.6 Å². The van der Waals surface area contributed by atoms with Crippen molar-refractivity contribution < 1.29 is 9.84 Å². The molecule has 0 aromatic rings. The van der Waals surface area contributed by atoms with E-state index < -0.39 is 6.29 Å². The van der Waals surface area contributed by atoms with Crippen LogP contribution in [-0.2, 0) is 4.74 Å². The van der Waals surface area contributed by atoms with Crippen molar-refractivity contribution in [3.05, 3.63) is 0 Å². The van der Waals surface area contributed by atoms with Crippen molar-refractivity contribution in [3.8, 4) is 0 Å². The fourth-order valence-electron chi connectivity index (χ4n) is 2.36. The zero-order chi connectivity index (χ0) is 7.84. The maximum absolute atomic E-state index is 9.40. The van der Waals surface area contributed by atoms with Gasteiger partial charge in [0, 0.05) is 5.92 Å². The van der Waals surface area contributed by atoms with Crippen molar-refractivity contribution >= 4 is 0 Å². The molecule has 2 aliphatic rings. The molecule has 0 amide bonds. The van der Waals surface area contributed by atoms with Crippen LogP contribution in [-0.4, -0.2) is 17.5 Å². The fraction of sp³-hybridized carbons (Fsp3) is 1.00.